The molecule has 0 rings (SSSR count). The molecule has 0 saturated heterocycles. The zero-order valence-electron chi connectivity index (χ0n) is 42.7. The van der Waals surface area contributed by atoms with Crippen molar-refractivity contribution in [3.8, 4) is 0 Å². The molecule has 374 valence electrons. The molecule has 6 heteroatoms. The second kappa shape index (κ2) is 53.5. The van der Waals surface area contributed by atoms with Crippen molar-refractivity contribution in [1.29, 1.82) is 0 Å². The van der Waals surface area contributed by atoms with Gasteiger partial charge in [0.25, 0.3) is 0 Å². The summed E-state index contributed by atoms with van der Waals surface area (Å²) in [5, 5.41) is 0. The number of rotatable bonds is 49. The van der Waals surface area contributed by atoms with E-state index in [2.05, 4.69) is 93.7 Å². The minimum absolute atomic E-state index is 0.0933. The number of carbonyl (C=O) groups is 3. The molecule has 0 saturated carbocycles. The second-order valence-electron chi connectivity index (χ2n) is 18.1. The molecule has 0 aromatic heterocycles. The maximum Gasteiger partial charge on any atom is 0.306 e. The van der Waals surface area contributed by atoms with Gasteiger partial charge in [0, 0.05) is 19.3 Å². The number of esters is 3. The molecular weight excluding hydrogens is 805 g/mol. The van der Waals surface area contributed by atoms with E-state index in [1.807, 2.05) is 0 Å². The van der Waals surface area contributed by atoms with E-state index in [4.69, 9.17) is 14.2 Å². The Balaban J connectivity index is 4.42. The van der Waals surface area contributed by atoms with Crippen molar-refractivity contribution < 1.29 is 28.6 Å². The van der Waals surface area contributed by atoms with Crippen LogP contribution in [0, 0.1) is 0 Å². The third-order valence-corrected chi connectivity index (χ3v) is 11.7. The summed E-state index contributed by atoms with van der Waals surface area (Å²) in [6.45, 7) is 6.47. The molecule has 65 heavy (non-hydrogen) atoms. The Labute approximate surface area is 402 Å². The van der Waals surface area contributed by atoms with Crippen LogP contribution in [0.15, 0.2) is 72.9 Å². The fourth-order valence-electron chi connectivity index (χ4n) is 7.54. The van der Waals surface area contributed by atoms with Crippen molar-refractivity contribution in [2.45, 2.75) is 271 Å². The van der Waals surface area contributed by atoms with Crippen molar-refractivity contribution in [2.24, 2.45) is 0 Å². The highest BCUT2D eigenvalue weighted by molar-refractivity contribution is 5.71. The second-order valence-corrected chi connectivity index (χ2v) is 18.1. The van der Waals surface area contributed by atoms with Gasteiger partial charge < -0.3 is 14.2 Å². The van der Waals surface area contributed by atoms with E-state index >= 15 is 0 Å². The van der Waals surface area contributed by atoms with Crippen molar-refractivity contribution >= 4 is 17.9 Å². The minimum atomic E-state index is -0.796. The first-order valence-corrected chi connectivity index (χ1v) is 27.4. The molecule has 0 N–H and O–H groups in total. The van der Waals surface area contributed by atoms with Gasteiger partial charge in [-0.05, 0) is 109 Å². The van der Waals surface area contributed by atoms with Crippen molar-refractivity contribution in [1.82, 2.24) is 0 Å². The van der Waals surface area contributed by atoms with Crippen molar-refractivity contribution in [3.63, 3.8) is 0 Å². The Morgan fingerprint density at radius 1 is 0.323 bits per heavy atom. The lowest BCUT2D eigenvalue weighted by molar-refractivity contribution is -0.167. The van der Waals surface area contributed by atoms with Crippen LogP contribution in [0.1, 0.15) is 265 Å². The number of hydrogen-bond acceptors (Lipinski definition) is 6. The van der Waals surface area contributed by atoms with Crippen LogP contribution in [-0.2, 0) is 28.6 Å². The van der Waals surface area contributed by atoms with Gasteiger partial charge in [-0.25, -0.2) is 0 Å². The van der Waals surface area contributed by atoms with Crippen LogP contribution in [0.5, 0.6) is 0 Å². The van der Waals surface area contributed by atoms with E-state index in [9.17, 15) is 14.4 Å². The molecule has 0 fully saturated rings. The maximum atomic E-state index is 12.8. The smallest absolute Gasteiger partial charge is 0.306 e. The topological polar surface area (TPSA) is 78.9 Å². The van der Waals surface area contributed by atoms with E-state index in [0.717, 1.165) is 89.9 Å². The lowest BCUT2D eigenvalue weighted by atomic mass is 10.1. The third kappa shape index (κ3) is 51.7. The van der Waals surface area contributed by atoms with Crippen molar-refractivity contribution in [2.75, 3.05) is 13.2 Å². The molecule has 0 aromatic carbocycles. The normalized spacial score (nSPS) is 12.6. The zero-order valence-corrected chi connectivity index (χ0v) is 42.7. The minimum Gasteiger partial charge on any atom is -0.462 e. The summed E-state index contributed by atoms with van der Waals surface area (Å²) in [5.74, 6) is -0.942. The molecule has 0 heterocycles. The lowest BCUT2D eigenvalue weighted by Gasteiger charge is -2.18. The van der Waals surface area contributed by atoms with Crippen LogP contribution in [0.2, 0.25) is 0 Å². The summed E-state index contributed by atoms with van der Waals surface area (Å²) in [6.07, 6.45) is 67.5. The summed E-state index contributed by atoms with van der Waals surface area (Å²) in [4.78, 5) is 38.0. The lowest BCUT2D eigenvalue weighted by Crippen LogP contribution is -2.30. The largest absolute Gasteiger partial charge is 0.462 e. The third-order valence-electron chi connectivity index (χ3n) is 11.7. The van der Waals surface area contributed by atoms with Gasteiger partial charge in [-0.2, -0.15) is 0 Å². The summed E-state index contributed by atoms with van der Waals surface area (Å²) < 4.78 is 16.8. The maximum absolute atomic E-state index is 12.8. The van der Waals surface area contributed by atoms with Crippen LogP contribution < -0.4 is 0 Å². The van der Waals surface area contributed by atoms with Gasteiger partial charge in [-0.1, -0.05) is 209 Å². The number of carbonyl (C=O) groups excluding carboxylic acids is 3. The van der Waals surface area contributed by atoms with Gasteiger partial charge in [-0.3, -0.25) is 14.4 Å². The highest BCUT2D eigenvalue weighted by Gasteiger charge is 2.19. The molecule has 0 bridgehead atoms. The van der Waals surface area contributed by atoms with E-state index in [1.54, 1.807) is 0 Å². The molecule has 0 aromatic rings. The first kappa shape index (κ1) is 61.9. The standard InChI is InChI=1S/C59H102O6/c1-4-7-10-13-16-19-22-25-27-28-29-30-32-35-38-41-44-47-50-53-59(62)65-56(54-63-57(60)51-48-45-42-39-36-33-24-21-18-15-12-9-6-3)55-64-58(61)52-49-46-43-40-37-34-31-26-23-20-17-14-11-8-5-2/h8,11,17,20-21,24-27,31,37,40,56H,4-7,9-10,12-16,18-19,22-23,28-30,32-36,38-39,41-55H2,1-3H3/b11-8-,20-17-,24-21-,27-25-,31-26-,40-37-/t56-/m0/s1. The predicted octanol–water partition coefficient (Wildman–Crippen LogP) is 18.2. The number of hydrogen-bond donors (Lipinski definition) is 0. The van der Waals surface area contributed by atoms with Gasteiger partial charge in [-0.15, -0.1) is 0 Å². The monoisotopic (exact) mass is 907 g/mol. The van der Waals surface area contributed by atoms with E-state index in [1.165, 1.54) is 135 Å². The Morgan fingerprint density at radius 3 is 1.00 bits per heavy atom. The molecule has 0 radical (unpaired) electrons. The zero-order chi connectivity index (χ0) is 47.2. The quantitative estimate of drug-likeness (QED) is 0.0262. The molecule has 0 aliphatic rings. The molecule has 1 atom stereocenters. The number of unbranched alkanes of at least 4 members (excludes halogenated alkanes) is 26. The Kier molecular flexibility index (Phi) is 50.9. The average molecular weight is 907 g/mol. The fraction of sp³-hybridized carbons (Fsp3) is 0.746. The van der Waals surface area contributed by atoms with Crippen molar-refractivity contribution in [3.05, 3.63) is 72.9 Å². The van der Waals surface area contributed by atoms with E-state index in [0.29, 0.717) is 19.3 Å². The fourth-order valence-corrected chi connectivity index (χ4v) is 7.54. The highest BCUT2D eigenvalue weighted by atomic mass is 16.6. The molecule has 0 amide bonds. The summed E-state index contributed by atoms with van der Waals surface area (Å²) in [6, 6.07) is 0. The molecule has 0 spiro atoms. The molecule has 0 aliphatic heterocycles. The van der Waals surface area contributed by atoms with Crippen LogP contribution in [0.4, 0.5) is 0 Å². The molecule has 6 nitrogen and oxygen atoms in total. The van der Waals surface area contributed by atoms with Gasteiger partial charge in [0.05, 0.1) is 0 Å². The summed E-state index contributed by atoms with van der Waals surface area (Å²) in [7, 11) is 0. The molecule has 0 unspecified atom stereocenters. The van der Waals surface area contributed by atoms with E-state index in [-0.39, 0.29) is 31.1 Å². The summed E-state index contributed by atoms with van der Waals surface area (Å²) in [5.41, 5.74) is 0. The van der Waals surface area contributed by atoms with E-state index < -0.39 is 6.10 Å². The van der Waals surface area contributed by atoms with Crippen LogP contribution in [0.25, 0.3) is 0 Å². The van der Waals surface area contributed by atoms with Crippen LogP contribution in [0.3, 0.4) is 0 Å². The first-order valence-electron chi connectivity index (χ1n) is 27.4. The SMILES string of the molecule is CC/C=C\C/C=C\C/C=C\C/C=C\CCCCC(=O)OC[C@H](COC(=O)CCCCCCC/C=C\CCCCCC)OC(=O)CCCCCCCCCCC/C=C\CCCCCCCC. The Hall–Kier alpha value is -3.15. The average Bonchev–Trinajstić information content (AvgIpc) is 3.30. The van der Waals surface area contributed by atoms with Gasteiger partial charge in [0.15, 0.2) is 6.10 Å². The highest BCUT2D eigenvalue weighted by Crippen LogP contribution is 2.15. The van der Waals surface area contributed by atoms with Gasteiger partial charge >= 0.3 is 17.9 Å². The number of allylic oxidation sites excluding steroid dienone is 12. The Morgan fingerprint density at radius 2 is 0.600 bits per heavy atom. The van der Waals surface area contributed by atoms with Gasteiger partial charge in [0.2, 0.25) is 0 Å². The Bertz CT molecular complexity index is 1230. The van der Waals surface area contributed by atoms with Crippen LogP contribution in [-0.4, -0.2) is 37.2 Å². The van der Waals surface area contributed by atoms with Gasteiger partial charge in [0.1, 0.15) is 13.2 Å². The first-order chi connectivity index (χ1) is 32.0. The summed E-state index contributed by atoms with van der Waals surface area (Å²) >= 11 is 0. The predicted molar refractivity (Wildman–Crippen MR) is 279 cm³/mol. The molecular formula is C59H102O6. The number of ether oxygens (including phenoxy) is 3. The molecule has 0 aliphatic carbocycles. The van der Waals surface area contributed by atoms with Crippen LogP contribution >= 0.6 is 0 Å².